The summed E-state index contributed by atoms with van der Waals surface area (Å²) in [6, 6.07) is 18.4. The van der Waals surface area contributed by atoms with E-state index in [0.717, 1.165) is 33.6 Å². The first-order chi connectivity index (χ1) is 14.4. The quantitative estimate of drug-likeness (QED) is 0.432. The van der Waals surface area contributed by atoms with Gasteiger partial charge in [0.2, 0.25) is 10.7 Å². The Morgan fingerprint density at radius 1 is 0.933 bits per heavy atom. The number of hydrogen-bond acceptors (Lipinski definition) is 5. The van der Waals surface area contributed by atoms with Crippen LogP contribution in [0.25, 0.3) is 16.8 Å². The summed E-state index contributed by atoms with van der Waals surface area (Å²) in [5.74, 6) is 0.584. The van der Waals surface area contributed by atoms with Crippen molar-refractivity contribution < 1.29 is 4.74 Å². The van der Waals surface area contributed by atoms with Crippen LogP contribution in [0.3, 0.4) is 0 Å². The van der Waals surface area contributed by atoms with E-state index in [0.29, 0.717) is 17.3 Å². The average molecular weight is 418 g/mol. The summed E-state index contributed by atoms with van der Waals surface area (Å²) in [5, 5.41) is 8.17. The standard InChI is InChI=1S/C23H23N5OS/c1-15-8-10-18(11-9-15)19-12-13-22(24-17(19)3)29-14-20-16(2)6-5-7-21(20)28-23(30)27(4)25-26-28/h5-13H,14H2,1-4H3. The van der Waals surface area contributed by atoms with Crippen molar-refractivity contribution in [3.63, 3.8) is 0 Å². The molecule has 4 rings (SSSR count). The highest BCUT2D eigenvalue weighted by molar-refractivity contribution is 7.71. The molecule has 0 fully saturated rings. The van der Waals surface area contributed by atoms with Crippen molar-refractivity contribution in [1.29, 1.82) is 0 Å². The molecule has 0 saturated heterocycles. The van der Waals surface area contributed by atoms with Gasteiger partial charge in [-0.3, -0.25) is 0 Å². The Labute approximate surface area is 180 Å². The molecule has 30 heavy (non-hydrogen) atoms. The largest absolute Gasteiger partial charge is 0.473 e. The van der Waals surface area contributed by atoms with E-state index in [1.54, 1.807) is 16.4 Å². The van der Waals surface area contributed by atoms with Crippen molar-refractivity contribution in [2.75, 3.05) is 0 Å². The lowest BCUT2D eigenvalue weighted by Crippen LogP contribution is -2.08. The summed E-state index contributed by atoms with van der Waals surface area (Å²) in [6.07, 6.45) is 0. The molecule has 152 valence electrons. The van der Waals surface area contributed by atoms with Gasteiger partial charge in [-0.15, -0.1) is 0 Å². The molecule has 0 spiro atoms. The molecule has 0 bridgehead atoms. The zero-order valence-corrected chi connectivity index (χ0v) is 18.3. The molecule has 0 N–H and O–H groups in total. The fourth-order valence-corrected chi connectivity index (χ4v) is 3.51. The summed E-state index contributed by atoms with van der Waals surface area (Å²) < 4.78 is 9.80. The summed E-state index contributed by atoms with van der Waals surface area (Å²) >= 11 is 5.42. The van der Waals surface area contributed by atoms with Gasteiger partial charge < -0.3 is 4.74 Å². The van der Waals surface area contributed by atoms with Crippen LogP contribution in [0.2, 0.25) is 0 Å². The Morgan fingerprint density at radius 2 is 1.70 bits per heavy atom. The number of rotatable bonds is 5. The zero-order chi connectivity index (χ0) is 21.3. The number of aryl methyl sites for hydroxylation is 4. The second kappa shape index (κ2) is 8.20. The van der Waals surface area contributed by atoms with Crippen molar-refractivity contribution >= 4 is 12.2 Å². The number of ether oxygens (including phenoxy) is 1. The van der Waals surface area contributed by atoms with Gasteiger partial charge in [-0.05, 0) is 66.7 Å². The molecule has 4 aromatic rings. The predicted molar refractivity (Wildman–Crippen MR) is 119 cm³/mol. The number of tetrazole rings is 1. The SMILES string of the molecule is Cc1ccc(-c2ccc(OCc3c(C)cccc3-n3nnn(C)c3=S)nc2C)cc1. The third-order valence-corrected chi connectivity index (χ3v) is 5.56. The summed E-state index contributed by atoms with van der Waals surface area (Å²) in [7, 11) is 1.78. The van der Waals surface area contributed by atoms with E-state index in [1.165, 1.54) is 5.56 Å². The average Bonchev–Trinajstić information content (AvgIpc) is 3.06. The topological polar surface area (TPSA) is 57.8 Å². The maximum atomic E-state index is 6.06. The predicted octanol–water partition coefficient (Wildman–Crippen LogP) is 4.90. The minimum absolute atomic E-state index is 0.358. The number of hydrogen-bond donors (Lipinski definition) is 0. The Balaban J connectivity index is 1.60. The number of pyridine rings is 1. The molecule has 0 aliphatic carbocycles. The van der Waals surface area contributed by atoms with Crippen molar-refractivity contribution in [2.45, 2.75) is 27.4 Å². The van der Waals surface area contributed by atoms with Crippen LogP contribution in [0.4, 0.5) is 0 Å². The van der Waals surface area contributed by atoms with Crippen LogP contribution >= 0.6 is 12.2 Å². The highest BCUT2D eigenvalue weighted by atomic mass is 32.1. The van der Waals surface area contributed by atoms with Crippen molar-refractivity contribution in [3.05, 3.63) is 81.8 Å². The Morgan fingerprint density at radius 3 is 2.37 bits per heavy atom. The van der Waals surface area contributed by atoms with Crippen molar-refractivity contribution in [2.24, 2.45) is 7.05 Å². The van der Waals surface area contributed by atoms with Gasteiger partial charge in [-0.2, -0.15) is 4.68 Å². The fourth-order valence-electron chi connectivity index (χ4n) is 3.34. The molecule has 0 radical (unpaired) electrons. The van der Waals surface area contributed by atoms with Gasteiger partial charge >= 0.3 is 0 Å². The smallest absolute Gasteiger partial charge is 0.220 e. The molecule has 0 aliphatic heterocycles. The molecule has 7 heteroatoms. The second-order valence-electron chi connectivity index (χ2n) is 7.31. The van der Waals surface area contributed by atoms with Crippen LogP contribution in [0, 0.1) is 25.5 Å². The molecule has 0 aliphatic rings. The molecule has 0 unspecified atom stereocenters. The maximum Gasteiger partial charge on any atom is 0.220 e. The van der Waals surface area contributed by atoms with Gasteiger partial charge in [0.1, 0.15) is 6.61 Å². The first kappa shape index (κ1) is 20.0. The molecule has 2 heterocycles. The van der Waals surface area contributed by atoms with Gasteiger partial charge in [0.05, 0.1) is 5.69 Å². The summed E-state index contributed by atoms with van der Waals surface area (Å²) in [6.45, 7) is 6.48. The van der Waals surface area contributed by atoms with Crippen LogP contribution in [0.5, 0.6) is 5.88 Å². The highest BCUT2D eigenvalue weighted by Gasteiger charge is 2.13. The highest BCUT2D eigenvalue weighted by Crippen LogP contribution is 2.26. The maximum absolute atomic E-state index is 6.06. The van der Waals surface area contributed by atoms with Crippen LogP contribution < -0.4 is 4.74 Å². The molecule has 2 aromatic heterocycles. The van der Waals surface area contributed by atoms with E-state index in [1.807, 2.05) is 38.1 Å². The normalized spacial score (nSPS) is 10.9. The Hall–Kier alpha value is -3.32. The summed E-state index contributed by atoms with van der Waals surface area (Å²) in [4.78, 5) is 4.66. The van der Waals surface area contributed by atoms with Crippen LogP contribution in [-0.4, -0.2) is 24.8 Å². The Kier molecular flexibility index (Phi) is 5.46. The fraction of sp³-hybridized carbons (Fsp3) is 0.217. The monoisotopic (exact) mass is 417 g/mol. The molecular weight excluding hydrogens is 394 g/mol. The lowest BCUT2D eigenvalue weighted by Gasteiger charge is -2.14. The van der Waals surface area contributed by atoms with Gasteiger partial charge in [-0.25, -0.2) is 9.67 Å². The molecule has 2 aromatic carbocycles. The van der Waals surface area contributed by atoms with Gasteiger partial charge in [0.15, 0.2) is 0 Å². The molecule has 0 atom stereocenters. The van der Waals surface area contributed by atoms with Gasteiger partial charge in [0.25, 0.3) is 0 Å². The van der Waals surface area contributed by atoms with E-state index in [-0.39, 0.29) is 0 Å². The zero-order valence-electron chi connectivity index (χ0n) is 17.5. The van der Waals surface area contributed by atoms with Crippen LogP contribution in [0.1, 0.15) is 22.4 Å². The minimum Gasteiger partial charge on any atom is -0.473 e. The third kappa shape index (κ3) is 3.89. The number of aromatic nitrogens is 5. The van der Waals surface area contributed by atoms with Crippen molar-refractivity contribution in [1.82, 2.24) is 24.8 Å². The van der Waals surface area contributed by atoms with Crippen LogP contribution in [0.15, 0.2) is 54.6 Å². The second-order valence-corrected chi connectivity index (χ2v) is 7.67. The van der Waals surface area contributed by atoms with E-state index in [2.05, 4.69) is 52.7 Å². The van der Waals surface area contributed by atoms with Gasteiger partial charge in [-0.1, -0.05) is 42.0 Å². The summed E-state index contributed by atoms with van der Waals surface area (Å²) in [5.41, 5.74) is 7.37. The van der Waals surface area contributed by atoms with Crippen molar-refractivity contribution in [3.8, 4) is 22.7 Å². The Bertz CT molecular complexity index is 1260. The van der Waals surface area contributed by atoms with E-state index in [9.17, 15) is 0 Å². The lowest BCUT2D eigenvalue weighted by atomic mass is 10.0. The first-order valence-corrected chi connectivity index (χ1v) is 10.1. The minimum atomic E-state index is 0.358. The van der Waals surface area contributed by atoms with E-state index >= 15 is 0 Å². The molecule has 6 nitrogen and oxygen atoms in total. The first-order valence-electron chi connectivity index (χ1n) is 9.69. The molecular formula is C23H23N5OS. The van der Waals surface area contributed by atoms with E-state index < -0.39 is 0 Å². The van der Waals surface area contributed by atoms with Crippen LogP contribution in [-0.2, 0) is 13.7 Å². The van der Waals surface area contributed by atoms with E-state index in [4.69, 9.17) is 17.0 Å². The third-order valence-electron chi connectivity index (χ3n) is 5.12. The molecule has 0 amide bonds. The number of nitrogens with zero attached hydrogens (tertiary/aromatic N) is 5. The lowest BCUT2D eigenvalue weighted by molar-refractivity contribution is 0.292. The molecule has 0 saturated carbocycles. The van der Waals surface area contributed by atoms with Gasteiger partial charge in [0, 0.05) is 29.9 Å². The number of benzene rings is 2.